The lowest BCUT2D eigenvalue weighted by molar-refractivity contribution is -0.136. The Kier molecular flexibility index (Phi) is 11.5. The molecule has 1 aliphatic heterocycles. The predicted octanol–water partition coefficient (Wildman–Crippen LogP) is 1.56. The summed E-state index contributed by atoms with van der Waals surface area (Å²) in [6.45, 7) is 9.78. The standard InChI is InChI=1S/C31H48N8O5/c1-21(2)10-14-38-26-9-8-24-17-25(26)29(35-38)30(43)32-11-15-36(31(44)23-18-33-39(19-23)22(3)4)12-5-7-28(42)37(13-6-16-40)20-27(41)34-24/h18-19,21-22,24,40H,5-17,20H2,1-4H3,(H,32,43)(H,34,41). The van der Waals surface area contributed by atoms with Gasteiger partial charge in [0.05, 0.1) is 18.3 Å². The van der Waals surface area contributed by atoms with Crippen molar-refractivity contribution in [3.05, 3.63) is 34.9 Å². The minimum atomic E-state index is -0.300. The fraction of sp³-hybridized carbons (Fsp3) is 0.677. The van der Waals surface area contributed by atoms with Gasteiger partial charge in [0.15, 0.2) is 5.69 Å². The van der Waals surface area contributed by atoms with Gasteiger partial charge in [-0.15, -0.1) is 0 Å². The Morgan fingerprint density at radius 2 is 1.91 bits per heavy atom. The molecule has 0 radical (unpaired) electrons. The molecule has 0 saturated carbocycles. The quantitative estimate of drug-likeness (QED) is 0.409. The van der Waals surface area contributed by atoms with Gasteiger partial charge in [-0.05, 0) is 58.3 Å². The van der Waals surface area contributed by atoms with Crippen LogP contribution in [0.3, 0.4) is 0 Å². The van der Waals surface area contributed by atoms with Crippen molar-refractivity contribution in [3.8, 4) is 0 Å². The van der Waals surface area contributed by atoms with Crippen LogP contribution in [0.1, 0.15) is 97.9 Å². The van der Waals surface area contributed by atoms with E-state index in [1.807, 2.05) is 18.5 Å². The number of carbonyl (C=O) groups excluding carboxylic acids is 4. The summed E-state index contributed by atoms with van der Waals surface area (Å²) in [5.74, 6) is -0.525. The average Bonchev–Trinajstić information content (AvgIpc) is 3.62. The highest BCUT2D eigenvalue weighted by atomic mass is 16.3. The van der Waals surface area contributed by atoms with E-state index in [-0.39, 0.29) is 81.5 Å². The van der Waals surface area contributed by atoms with Gasteiger partial charge >= 0.3 is 0 Å². The third kappa shape index (κ3) is 8.46. The van der Waals surface area contributed by atoms with Gasteiger partial charge < -0.3 is 25.5 Å². The first-order valence-electron chi connectivity index (χ1n) is 16.0. The number of amides is 4. The lowest BCUT2D eigenvalue weighted by Crippen LogP contribution is -2.46. The molecule has 1 aliphatic carbocycles. The summed E-state index contributed by atoms with van der Waals surface area (Å²) in [5, 5.41) is 24.5. The number of nitrogens with zero attached hydrogens (tertiary/aromatic N) is 6. The molecule has 3 N–H and O–H groups in total. The van der Waals surface area contributed by atoms with Crippen molar-refractivity contribution in [2.45, 2.75) is 91.3 Å². The van der Waals surface area contributed by atoms with Crippen molar-refractivity contribution in [3.63, 3.8) is 0 Å². The van der Waals surface area contributed by atoms with Crippen LogP contribution in [0.2, 0.25) is 0 Å². The van der Waals surface area contributed by atoms with Crippen molar-refractivity contribution in [1.82, 2.24) is 40.0 Å². The van der Waals surface area contributed by atoms with Gasteiger partial charge in [0.1, 0.15) is 0 Å². The lowest BCUT2D eigenvalue weighted by Gasteiger charge is -2.27. The number of aliphatic hydroxyl groups excluding tert-OH is 1. The summed E-state index contributed by atoms with van der Waals surface area (Å²) in [7, 11) is 0. The maximum Gasteiger partial charge on any atom is 0.272 e. The van der Waals surface area contributed by atoms with Crippen LogP contribution in [0.4, 0.5) is 0 Å². The topological polar surface area (TPSA) is 155 Å². The van der Waals surface area contributed by atoms with Gasteiger partial charge in [-0.25, -0.2) is 0 Å². The molecule has 2 aliphatic rings. The van der Waals surface area contributed by atoms with E-state index in [2.05, 4.69) is 29.6 Å². The Bertz CT molecular complexity index is 1320. The highest BCUT2D eigenvalue weighted by Crippen LogP contribution is 2.26. The normalized spacial score (nSPS) is 18.9. The Morgan fingerprint density at radius 1 is 1.11 bits per heavy atom. The van der Waals surface area contributed by atoms with Crippen LogP contribution in [0, 0.1) is 5.92 Å². The molecule has 2 aromatic heterocycles. The van der Waals surface area contributed by atoms with E-state index in [1.165, 1.54) is 11.1 Å². The molecule has 1 unspecified atom stereocenters. The number of fused-ring (bicyclic) bond motifs is 1. The highest BCUT2D eigenvalue weighted by Gasteiger charge is 2.31. The number of carbonyl (C=O) groups is 4. The minimum Gasteiger partial charge on any atom is -0.396 e. The Balaban J connectivity index is 1.60. The summed E-state index contributed by atoms with van der Waals surface area (Å²) < 4.78 is 3.66. The molecule has 13 nitrogen and oxygen atoms in total. The first kappa shape index (κ1) is 33.2. The van der Waals surface area contributed by atoms with Gasteiger partial charge in [-0.2, -0.15) is 10.2 Å². The zero-order valence-corrected chi connectivity index (χ0v) is 26.5. The molecule has 1 atom stereocenters. The first-order chi connectivity index (χ1) is 21.1. The summed E-state index contributed by atoms with van der Waals surface area (Å²) in [6, 6.07) is -0.0906. The largest absolute Gasteiger partial charge is 0.396 e. The van der Waals surface area contributed by atoms with E-state index in [4.69, 9.17) is 5.10 Å². The van der Waals surface area contributed by atoms with E-state index in [1.54, 1.807) is 15.8 Å². The molecule has 3 heterocycles. The monoisotopic (exact) mass is 612 g/mol. The zero-order valence-electron chi connectivity index (χ0n) is 26.5. The van der Waals surface area contributed by atoms with Gasteiger partial charge in [0, 0.05) is 75.3 Å². The van der Waals surface area contributed by atoms with Crippen molar-refractivity contribution in [1.29, 1.82) is 0 Å². The van der Waals surface area contributed by atoms with Crippen LogP contribution < -0.4 is 10.6 Å². The van der Waals surface area contributed by atoms with Crippen LogP contribution >= 0.6 is 0 Å². The number of aromatic nitrogens is 4. The second kappa shape index (κ2) is 15.3. The van der Waals surface area contributed by atoms with Crippen LogP contribution in [0.5, 0.6) is 0 Å². The van der Waals surface area contributed by atoms with Crippen molar-refractivity contribution in [2.24, 2.45) is 5.92 Å². The minimum absolute atomic E-state index is 0.0895. The molecule has 4 amide bonds. The smallest absolute Gasteiger partial charge is 0.272 e. The third-order valence-electron chi connectivity index (χ3n) is 8.27. The van der Waals surface area contributed by atoms with E-state index in [9.17, 15) is 24.3 Å². The van der Waals surface area contributed by atoms with E-state index < -0.39 is 0 Å². The SMILES string of the molecule is CC(C)CCn1nc2c3c1CCC(C3)NC(=O)CN(CCCO)C(=O)CCCN(C(=O)c1cnn(C(C)C)c1)CCNC2=O. The van der Waals surface area contributed by atoms with Gasteiger partial charge in [0.25, 0.3) is 11.8 Å². The molecule has 0 aromatic carbocycles. The average molecular weight is 613 g/mol. The van der Waals surface area contributed by atoms with Crippen molar-refractivity contribution >= 4 is 23.6 Å². The number of aryl methyl sites for hydroxylation is 1. The second-order valence-corrected chi connectivity index (χ2v) is 12.5. The zero-order chi connectivity index (χ0) is 31.8. The molecule has 2 aromatic rings. The van der Waals surface area contributed by atoms with Gasteiger partial charge in [-0.3, -0.25) is 28.5 Å². The molecule has 242 valence electrons. The molecule has 4 rings (SSSR count). The lowest BCUT2D eigenvalue weighted by atomic mass is 9.91. The highest BCUT2D eigenvalue weighted by molar-refractivity contribution is 5.95. The molecule has 2 bridgehead atoms. The third-order valence-corrected chi connectivity index (χ3v) is 8.27. The van der Waals surface area contributed by atoms with Gasteiger partial charge in [0.2, 0.25) is 11.8 Å². The Morgan fingerprint density at radius 3 is 2.61 bits per heavy atom. The summed E-state index contributed by atoms with van der Waals surface area (Å²) in [4.78, 5) is 56.4. The summed E-state index contributed by atoms with van der Waals surface area (Å²) in [5.41, 5.74) is 2.67. The molecule has 44 heavy (non-hydrogen) atoms. The maximum atomic E-state index is 13.5. The summed E-state index contributed by atoms with van der Waals surface area (Å²) >= 11 is 0. The molecular formula is C31H48N8O5. The van der Waals surface area contributed by atoms with Gasteiger partial charge in [-0.1, -0.05) is 13.8 Å². The predicted molar refractivity (Wildman–Crippen MR) is 164 cm³/mol. The van der Waals surface area contributed by atoms with Crippen LogP contribution in [0.15, 0.2) is 12.4 Å². The van der Waals surface area contributed by atoms with Crippen LogP contribution in [0.25, 0.3) is 0 Å². The maximum absolute atomic E-state index is 13.5. The van der Waals surface area contributed by atoms with E-state index in [0.717, 1.165) is 17.7 Å². The number of hydrogen-bond acceptors (Lipinski definition) is 7. The van der Waals surface area contributed by atoms with E-state index >= 15 is 0 Å². The fourth-order valence-corrected chi connectivity index (χ4v) is 5.75. The fourth-order valence-electron chi connectivity index (χ4n) is 5.75. The van der Waals surface area contributed by atoms with Crippen molar-refractivity contribution in [2.75, 3.05) is 39.3 Å². The number of rotatable bonds is 8. The molecular weight excluding hydrogens is 564 g/mol. The molecule has 0 fully saturated rings. The Hall–Kier alpha value is -3.74. The molecule has 13 heteroatoms. The molecule has 0 spiro atoms. The summed E-state index contributed by atoms with van der Waals surface area (Å²) in [6.07, 6.45) is 6.92. The van der Waals surface area contributed by atoms with Crippen LogP contribution in [-0.2, 0) is 29.0 Å². The Labute approximate surface area is 259 Å². The number of hydrogen-bond donors (Lipinski definition) is 3. The number of nitrogens with one attached hydrogen (secondary N) is 2. The van der Waals surface area contributed by atoms with E-state index in [0.29, 0.717) is 55.8 Å². The molecule has 0 saturated heterocycles. The number of aliphatic hydroxyl groups is 1. The first-order valence-corrected chi connectivity index (χ1v) is 16.0. The second-order valence-electron chi connectivity index (χ2n) is 12.5. The van der Waals surface area contributed by atoms with Crippen molar-refractivity contribution < 1.29 is 24.3 Å². The van der Waals surface area contributed by atoms with Crippen LogP contribution in [-0.4, -0.2) is 103 Å².